The maximum Gasteiger partial charge on any atom is 0.175 e. The summed E-state index contributed by atoms with van der Waals surface area (Å²) < 4.78 is 0. The van der Waals surface area contributed by atoms with E-state index in [2.05, 4.69) is 83.8 Å². The minimum Gasteiger partial charge on any atom is -0.293 e. The van der Waals surface area contributed by atoms with Crippen molar-refractivity contribution < 1.29 is 4.79 Å². The Morgan fingerprint density at radius 1 is 0.710 bits per heavy atom. The minimum atomic E-state index is -0.174. The first-order chi connectivity index (χ1) is 15.3. The molecule has 1 atom stereocenters. The zero-order valence-electron chi connectivity index (χ0n) is 18.1. The second-order valence-electron chi connectivity index (χ2n) is 8.42. The largest absolute Gasteiger partial charge is 0.293 e. The standard InChI is InChI=1S/C29H31NO/c31-29(27-19-11-4-12-20-27)28(21-24-13-5-1-6-14-24)30(22-25-15-7-2-8-16-25)23-26-17-9-3-10-18-26/h1-3,5-10,13-19,28H,4,11-12,20-23H2/t28-/m0/s1. The van der Waals surface area contributed by atoms with E-state index in [4.69, 9.17) is 0 Å². The number of allylic oxidation sites excluding steroid dienone is 1. The Morgan fingerprint density at radius 3 is 1.71 bits per heavy atom. The van der Waals surface area contributed by atoms with Crippen LogP contribution in [0.5, 0.6) is 0 Å². The molecular formula is C29H31NO. The van der Waals surface area contributed by atoms with Crippen LogP contribution in [0.2, 0.25) is 0 Å². The van der Waals surface area contributed by atoms with Crippen LogP contribution < -0.4 is 0 Å². The van der Waals surface area contributed by atoms with E-state index in [-0.39, 0.29) is 6.04 Å². The van der Waals surface area contributed by atoms with Crippen molar-refractivity contribution in [3.63, 3.8) is 0 Å². The number of ketones is 1. The molecule has 0 spiro atoms. The summed E-state index contributed by atoms with van der Waals surface area (Å²) in [7, 11) is 0. The molecule has 1 aliphatic rings. The molecule has 3 aromatic rings. The van der Waals surface area contributed by atoms with E-state index >= 15 is 0 Å². The van der Waals surface area contributed by atoms with Gasteiger partial charge in [-0.05, 0) is 54.4 Å². The van der Waals surface area contributed by atoms with E-state index in [1.54, 1.807) is 0 Å². The number of hydrogen-bond donors (Lipinski definition) is 0. The van der Waals surface area contributed by atoms with E-state index in [0.717, 1.165) is 44.3 Å². The Hall–Kier alpha value is -2.97. The monoisotopic (exact) mass is 409 g/mol. The highest BCUT2D eigenvalue weighted by Crippen LogP contribution is 2.25. The van der Waals surface area contributed by atoms with E-state index in [1.807, 2.05) is 18.2 Å². The highest BCUT2D eigenvalue weighted by Gasteiger charge is 2.29. The Balaban J connectivity index is 1.68. The molecule has 1 aliphatic carbocycles. The van der Waals surface area contributed by atoms with Crippen LogP contribution in [-0.4, -0.2) is 16.7 Å². The first-order valence-corrected chi connectivity index (χ1v) is 11.4. The summed E-state index contributed by atoms with van der Waals surface area (Å²) in [4.78, 5) is 16.2. The van der Waals surface area contributed by atoms with Crippen molar-refractivity contribution in [2.24, 2.45) is 0 Å². The van der Waals surface area contributed by atoms with Crippen LogP contribution in [0.15, 0.2) is 103 Å². The third-order valence-electron chi connectivity index (χ3n) is 6.08. The van der Waals surface area contributed by atoms with Crippen LogP contribution in [0.1, 0.15) is 42.4 Å². The van der Waals surface area contributed by atoms with Gasteiger partial charge in [0.25, 0.3) is 0 Å². The summed E-state index contributed by atoms with van der Waals surface area (Å²) in [5, 5.41) is 0. The molecular weight excluding hydrogens is 378 g/mol. The lowest BCUT2D eigenvalue weighted by Gasteiger charge is -2.32. The van der Waals surface area contributed by atoms with E-state index in [0.29, 0.717) is 5.78 Å². The van der Waals surface area contributed by atoms with Crippen molar-refractivity contribution in [3.05, 3.63) is 119 Å². The molecule has 0 bridgehead atoms. The van der Waals surface area contributed by atoms with E-state index < -0.39 is 0 Å². The van der Waals surface area contributed by atoms with Crippen LogP contribution in [0, 0.1) is 0 Å². The number of benzene rings is 3. The number of Topliss-reactive ketones (excluding diaryl/α,β-unsaturated/α-hetero) is 1. The SMILES string of the molecule is O=C(C1=CCCCC1)[C@H](Cc1ccccc1)N(Cc1ccccc1)Cc1ccccc1. The lowest BCUT2D eigenvalue weighted by Crippen LogP contribution is -2.43. The fourth-order valence-electron chi connectivity index (χ4n) is 4.41. The molecule has 0 aromatic heterocycles. The van der Waals surface area contributed by atoms with Gasteiger partial charge in [0.05, 0.1) is 6.04 Å². The zero-order valence-corrected chi connectivity index (χ0v) is 18.1. The summed E-state index contributed by atoms with van der Waals surface area (Å²) in [5.41, 5.74) is 4.71. The average molecular weight is 410 g/mol. The van der Waals surface area contributed by atoms with Gasteiger partial charge in [0.15, 0.2) is 5.78 Å². The number of carbonyl (C=O) groups is 1. The van der Waals surface area contributed by atoms with Crippen LogP contribution in [0.3, 0.4) is 0 Å². The zero-order chi connectivity index (χ0) is 21.3. The first kappa shape index (κ1) is 21.3. The van der Waals surface area contributed by atoms with Crippen LogP contribution in [0.4, 0.5) is 0 Å². The summed E-state index contributed by atoms with van der Waals surface area (Å²) >= 11 is 0. The second kappa shape index (κ2) is 10.9. The first-order valence-electron chi connectivity index (χ1n) is 11.4. The van der Waals surface area contributed by atoms with Crippen molar-refractivity contribution in [3.8, 4) is 0 Å². The van der Waals surface area contributed by atoms with Crippen LogP contribution in [-0.2, 0) is 24.3 Å². The van der Waals surface area contributed by atoms with Crippen molar-refractivity contribution in [2.45, 2.75) is 51.2 Å². The summed E-state index contributed by atoms with van der Waals surface area (Å²) in [6, 6.07) is 31.3. The van der Waals surface area contributed by atoms with Gasteiger partial charge < -0.3 is 0 Å². The maximum absolute atomic E-state index is 13.8. The Bertz CT molecular complexity index is 938. The third kappa shape index (κ3) is 6.02. The number of hydrogen-bond acceptors (Lipinski definition) is 2. The molecule has 0 N–H and O–H groups in total. The number of carbonyl (C=O) groups excluding carboxylic acids is 1. The molecule has 0 fully saturated rings. The molecule has 0 amide bonds. The van der Waals surface area contributed by atoms with Crippen molar-refractivity contribution >= 4 is 5.78 Å². The van der Waals surface area contributed by atoms with Gasteiger partial charge in [0.1, 0.15) is 0 Å². The summed E-state index contributed by atoms with van der Waals surface area (Å²) in [6.07, 6.45) is 7.17. The molecule has 0 heterocycles. The lowest BCUT2D eigenvalue weighted by atomic mass is 9.89. The molecule has 2 heteroatoms. The van der Waals surface area contributed by atoms with Crippen LogP contribution >= 0.6 is 0 Å². The molecule has 31 heavy (non-hydrogen) atoms. The second-order valence-corrected chi connectivity index (χ2v) is 8.42. The Morgan fingerprint density at radius 2 is 1.23 bits per heavy atom. The summed E-state index contributed by atoms with van der Waals surface area (Å²) in [5.74, 6) is 0.301. The Kier molecular flexibility index (Phi) is 7.46. The highest BCUT2D eigenvalue weighted by molar-refractivity contribution is 5.99. The van der Waals surface area contributed by atoms with Crippen LogP contribution in [0.25, 0.3) is 0 Å². The fraction of sp³-hybridized carbons (Fsp3) is 0.276. The number of nitrogens with zero attached hydrogens (tertiary/aromatic N) is 1. The van der Waals surface area contributed by atoms with Crippen molar-refractivity contribution in [1.29, 1.82) is 0 Å². The predicted molar refractivity (Wildman–Crippen MR) is 128 cm³/mol. The molecule has 0 saturated carbocycles. The van der Waals surface area contributed by atoms with Gasteiger partial charge in [-0.1, -0.05) is 97.1 Å². The lowest BCUT2D eigenvalue weighted by molar-refractivity contribution is -0.121. The molecule has 0 radical (unpaired) electrons. The minimum absolute atomic E-state index is 0.174. The van der Waals surface area contributed by atoms with Gasteiger partial charge in [0, 0.05) is 13.1 Å². The van der Waals surface area contributed by atoms with Gasteiger partial charge in [-0.3, -0.25) is 9.69 Å². The normalized spacial score (nSPS) is 14.8. The van der Waals surface area contributed by atoms with E-state index in [9.17, 15) is 4.79 Å². The summed E-state index contributed by atoms with van der Waals surface area (Å²) in [6.45, 7) is 1.51. The molecule has 0 unspecified atom stereocenters. The fourth-order valence-corrected chi connectivity index (χ4v) is 4.41. The molecule has 2 nitrogen and oxygen atoms in total. The molecule has 4 rings (SSSR count). The predicted octanol–water partition coefficient (Wildman–Crippen LogP) is 6.37. The van der Waals surface area contributed by atoms with Gasteiger partial charge >= 0.3 is 0 Å². The quantitative estimate of drug-likeness (QED) is 0.409. The average Bonchev–Trinajstić information content (AvgIpc) is 2.84. The maximum atomic E-state index is 13.8. The van der Waals surface area contributed by atoms with Gasteiger partial charge in [0.2, 0.25) is 0 Å². The highest BCUT2D eigenvalue weighted by atomic mass is 16.1. The van der Waals surface area contributed by atoms with Crippen molar-refractivity contribution in [1.82, 2.24) is 4.90 Å². The molecule has 0 saturated heterocycles. The van der Waals surface area contributed by atoms with Gasteiger partial charge in [-0.2, -0.15) is 0 Å². The van der Waals surface area contributed by atoms with E-state index in [1.165, 1.54) is 23.1 Å². The molecule has 3 aromatic carbocycles. The van der Waals surface area contributed by atoms with Gasteiger partial charge in [-0.15, -0.1) is 0 Å². The van der Waals surface area contributed by atoms with Crippen molar-refractivity contribution in [2.75, 3.05) is 0 Å². The van der Waals surface area contributed by atoms with Gasteiger partial charge in [-0.25, -0.2) is 0 Å². The molecule has 158 valence electrons. The number of rotatable bonds is 9. The molecule has 0 aliphatic heterocycles. The smallest absolute Gasteiger partial charge is 0.175 e. The Labute approximate surface area is 186 Å². The topological polar surface area (TPSA) is 20.3 Å². The third-order valence-corrected chi connectivity index (χ3v) is 6.08.